The Kier molecular flexibility index (Phi) is 1.64. The number of rotatable bonds is 0. The Bertz CT molecular complexity index is 158. The highest BCUT2D eigenvalue weighted by molar-refractivity contribution is 4.99. The van der Waals surface area contributed by atoms with E-state index < -0.39 is 18.3 Å². The third-order valence-electron chi connectivity index (χ3n) is 2.74. The lowest BCUT2D eigenvalue weighted by atomic mass is 9.86. The molecule has 4 heteroatoms. The molecule has 64 valence electrons. The summed E-state index contributed by atoms with van der Waals surface area (Å²) in [4.78, 5) is 2.00. The van der Waals surface area contributed by atoms with Crippen LogP contribution in [0.25, 0.3) is 0 Å². The fourth-order valence-corrected chi connectivity index (χ4v) is 1.88. The second kappa shape index (κ2) is 2.42. The van der Waals surface area contributed by atoms with E-state index in [-0.39, 0.29) is 6.04 Å². The van der Waals surface area contributed by atoms with Gasteiger partial charge in [0.1, 0.15) is 6.10 Å². The number of fused-ring (bicyclic) bond motifs is 1. The molecule has 0 spiro atoms. The van der Waals surface area contributed by atoms with Gasteiger partial charge in [-0.05, 0) is 6.42 Å². The second-order valence-corrected chi connectivity index (χ2v) is 3.40. The van der Waals surface area contributed by atoms with E-state index in [1.165, 1.54) is 0 Å². The van der Waals surface area contributed by atoms with Crippen LogP contribution in [-0.2, 0) is 0 Å². The fourth-order valence-electron chi connectivity index (χ4n) is 1.88. The molecule has 4 atom stereocenters. The minimum absolute atomic E-state index is 0.0911. The number of hydrogen-bond acceptors (Lipinski definition) is 4. The van der Waals surface area contributed by atoms with Crippen molar-refractivity contribution in [1.82, 2.24) is 4.90 Å². The van der Waals surface area contributed by atoms with Gasteiger partial charge < -0.3 is 15.3 Å². The average Bonchev–Trinajstić information content (AvgIpc) is 1.93. The summed E-state index contributed by atoms with van der Waals surface area (Å²) < 4.78 is 0. The van der Waals surface area contributed by atoms with Gasteiger partial charge in [0.2, 0.25) is 0 Å². The van der Waals surface area contributed by atoms with Crippen LogP contribution in [0, 0.1) is 0 Å². The van der Waals surface area contributed by atoms with Crippen LogP contribution in [0.3, 0.4) is 0 Å². The molecular weight excluding hydrogens is 146 g/mol. The van der Waals surface area contributed by atoms with E-state index in [2.05, 4.69) is 0 Å². The van der Waals surface area contributed by atoms with Crippen molar-refractivity contribution in [3.63, 3.8) is 0 Å². The molecule has 2 heterocycles. The van der Waals surface area contributed by atoms with Crippen LogP contribution in [-0.4, -0.2) is 57.7 Å². The highest BCUT2D eigenvalue weighted by Crippen LogP contribution is 2.28. The summed E-state index contributed by atoms with van der Waals surface area (Å²) in [5.41, 5.74) is 0. The molecule has 4 nitrogen and oxygen atoms in total. The Labute approximate surface area is 65.1 Å². The van der Waals surface area contributed by atoms with E-state index in [0.717, 1.165) is 13.0 Å². The maximum atomic E-state index is 9.39. The van der Waals surface area contributed by atoms with E-state index in [1.54, 1.807) is 0 Å². The Morgan fingerprint density at radius 1 is 1.09 bits per heavy atom. The third kappa shape index (κ3) is 0.980. The minimum atomic E-state index is -0.948. The molecule has 0 bridgehead atoms. The van der Waals surface area contributed by atoms with Crippen molar-refractivity contribution >= 4 is 0 Å². The van der Waals surface area contributed by atoms with Gasteiger partial charge in [-0.2, -0.15) is 0 Å². The summed E-state index contributed by atoms with van der Waals surface area (Å²) in [5, 5.41) is 27.8. The van der Waals surface area contributed by atoms with Gasteiger partial charge in [-0.1, -0.05) is 0 Å². The quantitative estimate of drug-likeness (QED) is 0.388. The summed E-state index contributed by atoms with van der Waals surface area (Å²) in [6, 6.07) is 0.0911. The number of aliphatic hydroxyl groups is 3. The summed E-state index contributed by atoms with van der Waals surface area (Å²) in [7, 11) is 0. The topological polar surface area (TPSA) is 63.9 Å². The number of piperidine rings is 1. The molecule has 2 saturated heterocycles. The minimum Gasteiger partial charge on any atom is -0.389 e. The predicted octanol–water partition coefficient (Wildman–Crippen LogP) is -1.84. The first-order valence-corrected chi connectivity index (χ1v) is 3.98. The third-order valence-corrected chi connectivity index (χ3v) is 2.74. The summed E-state index contributed by atoms with van der Waals surface area (Å²) in [6.45, 7) is 1.44. The Hall–Kier alpha value is -0.160. The maximum absolute atomic E-state index is 9.39. The van der Waals surface area contributed by atoms with Gasteiger partial charge >= 0.3 is 0 Å². The van der Waals surface area contributed by atoms with Crippen molar-refractivity contribution in [3.05, 3.63) is 0 Å². The monoisotopic (exact) mass is 159 g/mol. The molecule has 0 radical (unpaired) electrons. The zero-order valence-electron chi connectivity index (χ0n) is 6.22. The van der Waals surface area contributed by atoms with Gasteiger partial charge in [0.05, 0.1) is 12.2 Å². The molecule has 2 fully saturated rings. The van der Waals surface area contributed by atoms with Crippen LogP contribution in [0.5, 0.6) is 0 Å². The molecule has 0 aromatic rings. The standard InChI is InChI=1S/C7H13NO3/c9-5-3-8-2-1-4(8)6(10)7(5)11/h4-7,9-11H,1-3H2. The number of aliphatic hydroxyl groups excluding tert-OH is 3. The first-order valence-electron chi connectivity index (χ1n) is 3.98. The first-order chi connectivity index (χ1) is 5.20. The van der Waals surface area contributed by atoms with Gasteiger partial charge in [0, 0.05) is 19.1 Å². The fraction of sp³-hybridized carbons (Fsp3) is 1.00. The first kappa shape index (κ1) is 7.49. The molecule has 2 rings (SSSR count). The number of nitrogens with zero attached hydrogens (tertiary/aromatic N) is 1. The SMILES string of the molecule is OC1CN2CCC2C(O)C1O. The van der Waals surface area contributed by atoms with Gasteiger partial charge in [0.25, 0.3) is 0 Å². The maximum Gasteiger partial charge on any atom is 0.108 e. The second-order valence-electron chi connectivity index (χ2n) is 3.40. The Morgan fingerprint density at radius 3 is 2.36 bits per heavy atom. The molecule has 2 aliphatic heterocycles. The summed E-state index contributed by atoms with van der Waals surface area (Å²) in [6.07, 6.45) is -1.55. The smallest absolute Gasteiger partial charge is 0.108 e. The van der Waals surface area contributed by atoms with Crippen LogP contribution in [0.15, 0.2) is 0 Å². The zero-order valence-corrected chi connectivity index (χ0v) is 6.22. The predicted molar refractivity (Wildman–Crippen MR) is 38.0 cm³/mol. The highest BCUT2D eigenvalue weighted by atomic mass is 16.4. The summed E-state index contributed by atoms with van der Waals surface area (Å²) in [5.74, 6) is 0. The van der Waals surface area contributed by atoms with Crippen molar-refractivity contribution in [2.24, 2.45) is 0 Å². The number of hydrogen-bond donors (Lipinski definition) is 3. The lowest BCUT2D eigenvalue weighted by molar-refractivity contribution is -0.164. The molecule has 0 aromatic carbocycles. The zero-order chi connectivity index (χ0) is 8.01. The van der Waals surface area contributed by atoms with Crippen molar-refractivity contribution in [1.29, 1.82) is 0 Å². The van der Waals surface area contributed by atoms with Crippen LogP contribution >= 0.6 is 0 Å². The largest absolute Gasteiger partial charge is 0.389 e. The van der Waals surface area contributed by atoms with Gasteiger partial charge in [-0.3, -0.25) is 4.90 Å². The highest BCUT2D eigenvalue weighted by Gasteiger charge is 2.45. The summed E-state index contributed by atoms with van der Waals surface area (Å²) >= 11 is 0. The van der Waals surface area contributed by atoms with E-state index in [1.807, 2.05) is 4.90 Å². The molecule has 0 aromatic heterocycles. The van der Waals surface area contributed by atoms with Crippen molar-refractivity contribution < 1.29 is 15.3 Å². The van der Waals surface area contributed by atoms with Crippen molar-refractivity contribution in [3.8, 4) is 0 Å². The lowest BCUT2D eigenvalue weighted by Crippen LogP contribution is -2.66. The Balaban J connectivity index is 2.06. The molecule has 0 saturated carbocycles. The van der Waals surface area contributed by atoms with Crippen LogP contribution in [0.1, 0.15) is 6.42 Å². The van der Waals surface area contributed by atoms with Gasteiger partial charge in [0.15, 0.2) is 0 Å². The van der Waals surface area contributed by atoms with Crippen LogP contribution in [0.4, 0.5) is 0 Å². The molecule has 0 amide bonds. The molecule has 3 N–H and O–H groups in total. The van der Waals surface area contributed by atoms with Crippen LogP contribution < -0.4 is 0 Å². The van der Waals surface area contributed by atoms with Gasteiger partial charge in [-0.15, -0.1) is 0 Å². The van der Waals surface area contributed by atoms with Crippen molar-refractivity contribution in [2.75, 3.05) is 13.1 Å². The molecule has 2 aliphatic rings. The van der Waals surface area contributed by atoms with E-state index in [0.29, 0.717) is 6.54 Å². The molecule has 4 unspecified atom stereocenters. The van der Waals surface area contributed by atoms with Crippen LogP contribution in [0.2, 0.25) is 0 Å². The lowest BCUT2D eigenvalue weighted by Gasteiger charge is -2.50. The normalized spacial score (nSPS) is 51.5. The van der Waals surface area contributed by atoms with Gasteiger partial charge in [-0.25, -0.2) is 0 Å². The molecule has 0 aliphatic carbocycles. The molecule has 11 heavy (non-hydrogen) atoms. The van der Waals surface area contributed by atoms with E-state index >= 15 is 0 Å². The molecular formula is C7H13NO3. The van der Waals surface area contributed by atoms with Crippen molar-refractivity contribution in [2.45, 2.75) is 30.8 Å². The Morgan fingerprint density at radius 2 is 1.82 bits per heavy atom. The van der Waals surface area contributed by atoms with E-state index in [9.17, 15) is 15.3 Å². The average molecular weight is 159 g/mol. The van der Waals surface area contributed by atoms with E-state index in [4.69, 9.17) is 0 Å².